The molecule has 2 aromatic carbocycles. The van der Waals surface area contributed by atoms with E-state index < -0.39 is 23.5 Å². The summed E-state index contributed by atoms with van der Waals surface area (Å²) in [6.45, 7) is 0.212. The number of fused-ring (bicyclic) bond motifs is 1. The highest BCUT2D eigenvalue weighted by molar-refractivity contribution is 7.09. The van der Waals surface area contributed by atoms with Crippen LogP contribution in [0.25, 0.3) is 11.0 Å². The largest absolute Gasteiger partial charge is 0.503 e. The van der Waals surface area contributed by atoms with Gasteiger partial charge >= 0.3 is 0 Å². The molecule has 5 rings (SSSR count). The predicted molar refractivity (Wildman–Crippen MR) is 132 cm³/mol. The molecule has 0 bridgehead atoms. The topological polar surface area (TPSA) is 89.2 Å². The number of para-hydroxylation sites is 1. The fourth-order valence-electron chi connectivity index (χ4n) is 4.32. The molecule has 9 heteroatoms. The van der Waals surface area contributed by atoms with E-state index in [-0.39, 0.29) is 17.9 Å². The molecule has 35 heavy (non-hydrogen) atoms. The van der Waals surface area contributed by atoms with Crippen molar-refractivity contribution in [1.82, 2.24) is 4.90 Å². The van der Waals surface area contributed by atoms with Crippen LogP contribution >= 0.6 is 22.9 Å². The van der Waals surface area contributed by atoms with Crippen LogP contribution in [0.3, 0.4) is 0 Å². The Kier molecular flexibility index (Phi) is 6.00. The van der Waals surface area contributed by atoms with Gasteiger partial charge in [0.05, 0.1) is 32.4 Å². The molecule has 1 aliphatic rings. The number of ketones is 1. The first-order valence-corrected chi connectivity index (χ1v) is 11.9. The Hall–Kier alpha value is -3.75. The lowest BCUT2D eigenvalue weighted by Crippen LogP contribution is -2.30. The first-order chi connectivity index (χ1) is 16.9. The number of rotatable bonds is 7. The number of Topliss-reactive ketones (excluding diaryl/α,β-unsaturated/α-hetero) is 1. The van der Waals surface area contributed by atoms with E-state index in [1.54, 1.807) is 36.4 Å². The first kappa shape index (κ1) is 23.0. The normalized spacial score (nSPS) is 15.8. The molecule has 1 atom stereocenters. The van der Waals surface area contributed by atoms with Gasteiger partial charge in [0.25, 0.3) is 5.91 Å². The van der Waals surface area contributed by atoms with Crippen molar-refractivity contribution in [2.45, 2.75) is 12.6 Å². The third kappa shape index (κ3) is 3.94. The standard InChI is InChI=1S/C26H20ClNO6S/c1-32-18-8-4-3-7-17(18)22-21(24(30)26(31)28(22)13-16-6-5-9-35-16)23(29)19-11-14-10-15(27)12-20(33-2)25(14)34-19/h3-12,22,30H,13H2,1-2H3. The molecule has 0 saturated heterocycles. The van der Waals surface area contributed by atoms with E-state index in [2.05, 4.69) is 0 Å². The van der Waals surface area contributed by atoms with E-state index in [9.17, 15) is 14.7 Å². The minimum atomic E-state index is -0.882. The predicted octanol–water partition coefficient (Wildman–Crippen LogP) is 5.94. The molecule has 0 aliphatic carbocycles. The Bertz CT molecular complexity index is 1470. The van der Waals surface area contributed by atoms with Gasteiger partial charge in [-0.3, -0.25) is 9.59 Å². The Labute approximate surface area is 209 Å². The average Bonchev–Trinajstić information content (AvgIpc) is 3.58. The maximum atomic E-state index is 13.8. The minimum Gasteiger partial charge on any atom is -0.503 e. The summed E-state index contributed by atoms with van der Waals surface area (Å²) in [6, 6.07) is 14.7. The summed E-state index contributed by atoms with van der Waals surface area (Å²) in [5, 5.41) is 13.8. The van der Waals surface area contributed by atoms with Gasteiger partial charge in [-0.2, -0.15) is 0 Å². The van der Waals surface area contributed by atoms with Crippen molar-refractivity contribution >= 4 is 45.6 Å². The van der Waals surface area contributed by atoms with Crippen LogP contribution in [0.2, 0.25) is 5.02 Å². The van der Waals surface area contributed by atoms with Gasteiger partial charge in [-0.25, -0.2) is 0 Å². The highest BCUT2D eigenvalue weighted by Gasteiger charge is 2.45. The van der Waals surface area contributed by atoms with Gasteiger partial charge in [0, 0.05) is 26.9 Å². The zero-order chi connectivity index (χ0) is 24.7. The second-order valence-corrected chi connectivity index (χ2v) is 9.35. The zero-order valence-electron chi connectivity index (χ0n) is 18.8. The maximum Gasteiger partial charge on any atom is 0.290 e. The molecular weight excluding hydrogens is 490 g/mol. The highest BCUT2D eigenvalue weighted by atomic mass is 35.5. The Morgan fingerprint density at radius 1 is 1.11 bits per heavy atom. The number of thiophene rings is 1. The molecule has 3 heterocycles. The number of hydrogen-bond donors (Lipinski definition) is 1. The summed E-state index contributed by atoms with van der Waals surface area (Å²) >= 11 is 7.64. The molecule has 178 valence electrons. The Balaban J connectivity index is 1.64. The first-order valence-electron chi connectivity index (χ1n) is 10.6. The van der Waals surface area contributed by atoms with Gasteiger partial charge < -0.3 is 23.9 Å². The number of furan rings is 1. The molecule has 2 aromatic heterocycles. The van der Waals surface area contributed by atoms with E-state index in [1.165, 1.54) is 36.5 Å². The number of hydrogen-bond acceptors (Lipinski definition) is 7. The van der Waals surface area contributed by atoms with E-state index >= 15 is 0 Å². The third-order valence-electron chi connectivity index (χ3n) is 5.88. The highest BCUT2D eigenvalue weighted by Crippen LogP contribution is 2.44. The van der Waals surface area contributed by atoms with Gasteiger partial charge in [0.2, 0.25) is 5.78 Å². The van der Waals surface area contributed by atoms with Crippen LogP contribution in [0.1, 0.15) is 27.0 Å². The number of carbonyl (C=O) groups is 2. The van der Waals surface area contributed by atoms with Crippen LogP contribution < -0.4 is 9.47 Å². The van der Waals surface area contributed by atoms with Crippen molar-refractivity contribution in [3.8, 4) is 11.5 Å². The summed E-state index contributed by atoms with van der Waals surface area (Å²) in [4.78, 5) is 29.4. The van der Waals surface area contributed by atoms with Crippen LogP contribution in [0.4, 0.5) is 0 Å². The average molecular weight is 510 g/mol. The van der Waals surface area contributed by atoms with Gasteiger partial charge in [-0.05, 0) is 29.6 Å². The Morgan fingerprint density at radius 2 is 1.89 bits per heavy atom. The maximum absolute atomic E-state index is 13.8. The summed E-state index contributed by atoms with van der Waals surface area (Å²) in [5.74, 6) is -1.07. The molecular formula is C26H20ClNO6S. The number of aliphatic hydroxyl groups excluding tert-OH is 1. The fraction of sp³-hybridized carbons (Fsp3) is 0.154. The molecule has 1 amide bonds. The number of methoxy groups -OCH3 is 2. The molecule has 0 fully saturated rings. The fourth-order valence-corrected chi connectivity index (χ4v) is 5.24. The van der Waals surface area contributed by atoms with Gasteiger partial charge in [-0.1, -0.05) is 35.9 Å². The van der Waals surface area contributed by atoms with Crippen LogP contribution in [0.5, 0.6) is 11.5 Å². The van der Waals surface area contributed by atoms with E-state index in [4.69, 9.17) is 25.5 Å². The van der Waals surface area contributed by atoms with Gasteiger partial charge in [-0.15, -0.1) is 11.3 Å². The molecule has 1 aliphatic heterocycles. The van der Waals surface area contributed by atoms with Gasteiger partial charge in [0.1, 0.15) is 5.75 Å². The number of nitrogens with zero attached hydrogens (tertiary/aromatic N) is 1. The Morgan fingerprint density at radius 3 is 2.60 bits per heavy atom. The lowest BCUT2D eigenvalue weighted by molar-refractivity contribution is -0.130. The van der Waals surface area contributed by atoms with Crippen molar-refractivity contribution in [2.24, 2.45) is 0 Å². The summed E-state index contributed by atoms with van der Waals surface area (Å²) in [6.07, 6.45) is 0. The van der Waals surface area contributed by atoms with Crippen LogP contribution in [-0.2, 0) is 11.3 Å². The molecule has 4 aromatic rings. The number of ether oxygens (including phenoxy) is 2. The number of halogens is 1. The number of benzene rings is 2. The molecule has 1 N–H and O–H groups in total. The van der Waals surface area contributed by atoms with Gasteiger partial charge in [0.15, 0.2) is 22.9 Å². The van der Waals surface area contributed by atoms with E-state index in [0.29, 0.717) is 33.1 Å². The van der Waals surface area contributed by atoms with Crippen LogP contribution in [0.15, 0.2) is 75.7 Å². The number of aliphatic hydroxyl groups is 1. The van der Waals surface area contributed by atoms with Crippen molar-refractivity contribution < 1.29 is 28.6 Å². The van der Waals surface area contributed by atoms with Crippen molar-refractivity contribution in [1.29, 1.82) is 0 Å². The summed E-state index contributed by atoms with van der Waals surface area (Å²) in [7, 11) is 2.98. The SMILES string of the molecule is COc1ccccc1C1C(C(=O)c2cc3cc(Cl)cc(OC)c3o2)=C(O)C(=O)N1Cc1cccs1. The number of amides is 1. The molecule has 1 unspecified atom stereocenters. The van der Waals surface area contributed by atoms with E-state index in [0.717, 1.165) is 4.88 Å². The third-order valence-corrected chi connectivity index (χ3v) is 6.96. The number of carbonyl (C=O) groups excluding carboxylic acids is 2. The quantitative estimate of drug-likeness (QED) is 0.310. The van der Waals surface area contributed by atoms with Crippen molar-refractivity contribution in [2.75, 3.05) is 14.2 Å². The summed E-state index contributed by atoms with van der Waals surface area (Å²) in [5.41, 5.74) is 0.832. The second-order valence-electron chi connectivity index (χ2n) is 7.89. The van der Waals surface area contributed by atoms with Crippen molar-refractivity contribution in [3.05, 3.63) is 92.5 Å². The monoisotopic (exact) mass is 509 g/mol. The minimum absolute atomic E-state index is 0.0483. The molecule has 0 saturated carbocycles. The molecule has 0 radical (unpaired) electrons. The lowest BCUT2D eigenvalue weighted by Gasteiger charge is -2.27. The van der Waals surface area contributed by atoms with Crippen LogP contribution in [0, 0.1) is 0 Å². The van der Waals surface area contributed by atoms with Crippen molar-refractivity contribution in [3.63, 3.8) is 0 Å². The van der Waals surface area contributed by atoms with E-state index in [1.807, 2.05) is 17.5 Å². The van der Waals surface area contributed by atoms with Crippen LogP contribution in [-0.4, -0.2) is 35.9 Å². The zero-order valence-corrected chi connectivity index (χ0v) is 20.4. The lowest BCUT2D eigenvalue weighted by atomic mass is 9.94. The molecule has 0 spiro atoms. The summed E-state index contributed by atoms with van der Waals surface area (Å²) < 4.78 is 16.7. The molecule has 7 nitrogen and oxygen atoms in total. The second kappa shape index (κ2) is 9.13. The smallest absolute Gasteiger partial charge is 0.290 e.